The number of hydrogen-bond acceptors (Lipinski definition) is 3. The average Bonchev–Trinajstić information content (AvgIpc) is 3.08. The molecule has 5 heteroatoms. The first-order chi connectivity index (χ1) is 13.2. The fourth-order valence-electron chi connectivity index (χ4n) is 3.06. The van der Waals surface area contributed by atoms with Gasteiger partial charge in [0.2, 0.25) is 0 Å². The van der Waals surface area contributed by atoms with E-state index in [0.717, 1.165) is 16.7 Å². The van der Waals surface area contributed by atoms with Crippen molar-refractivity contribution in [1.29, 1.82) is 0 Å². The number of rotatable bonds is 4. The van der Waals surface area contributed by atoms with Crippen molar-refractivity contribution in [2.75, 3.05) is 6.61 Å². The normalized spacial score (nSPS) is 10.9. The lowest BCUT2D eigenvalue weighted by Crippen LogP contribution is -2.09. The quantitative estimate of drug-likeness (QED) is 0.442. The van der Waals surface area contributed by atoms with Crippen LogP contribution in [0.4, 0.5) is 0 Å². The van der Waals surface area contributed by atoms with E-state index in [0.29, 0.717) is 28.7 Å². The highest BCUT2D eigenvalue weighted by Gasteiger charge is 2.21. The van der Waals surface area contributed by atoms with Gasteiger partial charge in [-0.2, -0.15) is 0 Å². The zero-order valence-electron chi connectivity index (χ0n) is 14.7. The van der Waals surface area contributed by atoms with Crippen LogP contribution in [0.5, 0.6) is 0 Å². The predicted octanol–water partition coefficient (Wildman–Crippen LogP) is 5.50. The molecule has 0 radical (unpaired) electrons. The molecule has 0 fully saturated rings. The van der Waals surface area contributed by atoms with Crippen molar-refractivity contribution in [1.82, 2.24) is 9.38 Å². The monoisotopic (exact) mass is 376 g/mol. The summed E-state index contributed by atoms with van der Waals surface area (Å²) in [6, 6.07) is 21.2. The first-order valence-corrected chi connectivity index (χ1v) is 9.06. The zero-order chi connectivity index (χ0) is 18.8. The van der Waals surface area contributed by atoms with Gasteiger partial charge in [-0.25, -0.2) is 9.78 Å². The maximum absolute atomic E-state index is 12.6. The van der Waals surface area contributed by atoms with Crippen LogP contribution in [0.25, 0.3) is 28.0 Å². The lowest BCUT2D eigenvalue weighted by Gasteiger charge is -2.06. The van der Waals surface area contributed by atoms with Crippen LogP contribution in [-0.2, 0) is 4.74 Å². The second kappa shape index (κ2) is 7.25. The van der Waals surface area contributed by atoms with Crippen molar-refractivity contribution in [3.8, 4) is 22.4 Å². The van der Waals surface area contributed by atoms with E-state index in [4.69, 9.17) is 21.3 Å². The SMILES string of the molecule is CCOC(=O)c1c(-c2ccccc2)nc2cc(-c3ccc(Cl)cc3)ccn12. The number of benzene rings is 2. The molecule has 2 aromatic carbocycles. The van der Waals surface area contributed by atoms with Gasteiger partial charge >= 0.3 is 5.97 Å². The third-order valence-electron chi connectivity index (χ3n) is 4.32. The average molecular weight is 377 g/mol. The number of fused-ring (bicyclic) bond motifs is 1. The number of pyridine rings is 1. The van der Waals surface area contributed by atoms with Crippen molar-refractivity contribution >= 4 is 23.2 Å². The minimum absolute atomic E-state index is 0.309. The number of esters is 1. The summed E-state index contributed by atoms with van der Waals surface area (Å²) in [5.41, 5.74) is 4.63. The molecule has 4 aromatic rings. The Hall–Kier alpha value is -3.11. The zero-order valence-corrected chi connectivity index (χ0v) is 15.5. The molecule has 0 N–H and O–H groups in total. The van der Waals surface area contributed by atoms with E-state index in [9.17, 15) is 4.79 Å². The number of nitrogens with zero attached hydrogens (tertiary/aromatic N) is 2. The number of carbonyl (C=O) groups is 1. The number of carbonyl (C=O) groups excluding carboxylic acids is 1. The molecule has 4 nitrogen and oxygen atoms in total. The van der Waals surface area contributed by atoms with Crippen molar-refractivity contribution in [3.05, 3.63) is 83.6 Å². The Kier molecular flexibility index (Phi) is 4.65. The lowest BCUT2D eigenvalue weighted by atomic mass is 10.1. The molecule has 2 heterocycles. The van der Waals surface area contributed by atoms with Crippen LogP contribution in [0.1, 0.15) is 17.4 Å². The van der Waals surface area contributed by atoms with E-state index in [2.05, 4.69) is 0 Å². The topological polar surface area (TPSA) is 43.6 Å². The van der Waals surface area contributed by atoms with E-state index >= 15 is 0 Å². The molecule has 0 atom stereocenters. The third-order valence-corrected chi connectivity index (χ3v) is 4.57. The number of aromatic nitrogens is 2. The highest BCUT2D eigenvalue weighted by atomic mass is 35.5. The van der Waals surface area contributed by atoms with Crippen LogP contribution in [0.3, 0.4) is 0 Å². The maximum atomic E-state index is 12.6. The number of halogens is 1. The lowest BCUT2D eigenvalue weighted by molar-refractivity contribution is 0.0519. The minimum Gasteiger partial charge on any atom is -0.461 e. The maximum Gasteiger partial charge on any atom is 0.357 e. The smallest absolute Gasteiger partial charge is 0.357 e. The van der Waals surface area contributed by atoms with Crippen molar-refractivity contribution in [2.24, 2.45) is 0 Å². The molecule has 0 bridgehead atoms. The van der Waals surface area contributed by atoms with Crippen LogP contribution in [0.2, 0.25) is 5.02 Å². The Labute approximate surface area is 162 Å². The fraction of sp³-hybridized carbons (Fsp3) is 0.0909. The van der Waals surface area contributed by atoms with Gasteiger partial charge in [-0.15, -0.1) is 0 Å². The van der Waals surface area contributed by atoms with E-state index < -0.39 is 0 Å². The van der Waals surface area contributed by atoms with Crippen LogP contribution < -0.4 is 0 Å². The fourth-order valence-corrected chi connectivity index (χ4v) is 3.18. The van der Waals surface area contributed by atoms with E-state index in [1.54, 1.807) is 11.3 Å². The van der Waals surface area contributed by atoms with Gasteiger partial charge in [-0.3, -0.25) is 4.40 Å². The summed E-state index contributed by atoms with van der Waals surface area (Å²) in [6.45, 7) is 2.10. The molecule has 2 aromatic heterocycles. The van der Waals surface area contributed by atoms with Crippen molar-refractivity contribution in [2.45, 2.75) is 6.92 Å². The van der Waals surface area contributed by atoms with Gasteiger partial charge in [-0.1, -0.05) is 54.1 Å². The summed E-state index contributed by atoms with van der Waals surface area (Å²) in [7, 11) is 0. The summed E-state index contributed by atoms with van der Waals surface area (Å²) >= 11 is 5.98. The molecule has 0 aliphatic rings. The summed E-state index contributed by atoms with van der Waals surface area (Å²) in [4.78, 5) is 17.3. The number of imidazole rings is 1. The van der Waals surface area contributed by atoms with Gasteiger partial charge in [0.05, 0.1) is 6.61 Å². The van der Waals surface area contributed by atoms with Gasteiger partial charge < -0.3 is 4.74 Å². The Balaban J connectivity index is 1.90. The molecule has 0 unspecified atom stereocenters. The molecule has 4 rings (SSSR count). The Morgan fingerprint density at radius 1 is 1.00 bits per heavy atom. The van der Waals surface area contributed by atoms with Crippen LogP contribution in [0, 0.1) is 0 Å². The molecule has 0 aliphatic heterocycles. The molecular weight excluding hydrogens is 360 g/mol. The van der Waals surface area contributed by atoms with Gasteiger partial charge in [-0.05, 0) is 42.3 Å². The summed E-state index contributed by atoms with van der Waals surface area (Å²) < 4.78 is 7.05. The minimum atomic E-state index is -0.386. The molecule has 0 amide bonds. The Morgan fingerprint density at radius 2 is 1.74 bits per heavy atom. The molecule has 0 saturated heterocycles. The molecular formula is C22H17ClN2O2. The standard InChI is InChI=1S/C22H17ClN2O2/c1-2-27-22(26)21-20(16-6-4-3-5-7-16)24-19-14-17(12-13-25(19)21)15-8-10-18(23)11-9-15/h3-14H,2H2,1H3. The van der Waals surface area contributed by atoms with E-state index in [-0.39, 0.29) is 5.97 Å². The highest BCUT2D eigenvalue weighted by molar-refractivity contribution is 6.30. The second-order valence-electron chi connectivity index (χ2n) is 6.05. The number of ether oxygens (including phenoxy) is 1. The largest absolute Gasteiger partial charge is 0.461 e. The van der Waals surface area contributed by atoms with E-state index in [1.165, 1.54) is 0 Å². The molecule has 134 valence electrons. The third kappa shape index (κ3) is 3.32. The van der Waals surface area contributed by atoms with Crippen LogP contribution in [0.15, 0.2) is 72.9 Å². The van der Waals surface area contributed by atoms with Gasteiger partial charge in [0, 0.05) is 16.8 Å². The van der Waals surface area contributed by atoms with Gasteiger partial charge in [0.25, 0.3) is 0 Å². The van der Waals surface area contributed by atoms with E-state index in [1.807, 2.05) is 72.9 Å². The Morgan fingerprint density at radius 3 is 2.44 bits per heavy atom. The first-order valence-electron chi connectivity index (χ1n) is 8.68. The number of hydrogen-bond donors (Lipinski definition) is 0. The predicted molar refractivity (Wildman–Crippen MR) is 107 cm³/mol. The molecule has 0 aliphatic carbocycles. The summed E-state index contributed by atoms with van der Waals surface area (Å²) in [5.74, 6) is -0.386. The highest BCUT2D eigenvalue weighted by Crippen LogP contribution is 2.28. The molecule has 0 saturated carbocycles. The van der Waals surface area contributed by atoms with Crippen LogP contribution >= 0.6 is 11.6 Å². The van der Waals surface area contributed by atoms with Gasteiger partial charge in [0.1, 0.15) is 11.3 Å². The Bertz CT molecular complexity index is 1100. The molecule has 27 heavy (non-hydrogen) atoms. The summed E-state index contributed by atoms with van der Waals surface area (Å²) in [5, 5.41) is 0.691. The van der Waals surface area contributed by atoms with Gasteiger partial charge in [0.15, 0.2) is 5.69 Å². The second-order valence-corrected chi connectivity index (χ2v) is 6.48. The van der Waals surface area contributed by atoms with Crippen LogP contribution in [-0.4, -0.2) is 22.0 Å². The summed E-state index contributed by atoms with van der Waals surface area (Å²) in [6.07, 6.45) is 1.85. The molecule has 0 spiro atoms. The first kappa shape index (κ1) is 17.3. The van der Waals surface area contributed by atoms with Crippen molar-refractivity contribution in [3.63, 3.8) is 0 Å². The van der Waals surface area contributed by atoms with Crippen molar-refractivity contribution < 1.29 is 9.53 Å².